The Morgan fingerprint density at radius 3 is 2.45 bits per heavy atom. The van der Waals surface area contributed by atoms with Crippen LogP contribution >= 0.6 is 0 Å². The summed E-state index contributed by atoms with van der Waals surface area (Å²) < 4.78 is 1.92. The number of para-hydroxylation sites is 1. The van der Waals surface area contributed by atoms with Crippen LogP contribution in [-0.2, 0) is 13.1 Å². The molecule has 0 radical (unpaired) electrons. The van der Waals surface area contributed by atoms with E-state index in [2.05, 4.69) is 5.10 Å². The molecule has 0 unspecified atom stereocenters. The smallest absolute Gasteiger partial charge is 0.258 e. The number of allylic oxidation sites excluding steroid dienone is 1. The van der Waals surface area contributed by atoms with Gasteiger partial charge < -0.3 is 9.80 Å². The third-order valence-electron chi connectivity index (χ3n) is 4.91. The molecular formula is C23H22N4O2. The van der Waals surface area contributed by atoms with Crippen LogP contribution in [0.15, 0.2) is 73.1 Å². The summed E-state index contributed by atoms with van der Waals surface area (Å²) in [5, 5.41) is 4.37. The highest BCUT2D eigenvalue weighted by atomic mass is 16.2. The van der Waals surface area contributed by atoms with Gasteiger partial charge in [0.05, 0.1) is 18.8 Å². The van der Waals surface area contributed by atoms with E-state index in [9.17, 15) is 9.59 Å². The number of aromatic nitrogens is 2. The summed E-state index contributed by atoms with van der Waals surface area (Å²) >= 11 is 0. The molecule has 1 aliphatic heterocycles. The van der Waals surface area contributed by atoms with Crippen LogP contribution in [0.25, 0.3) is 0 Å². The summed E-state index contributed by atoms with van der Waals surface area (Å²) in [6.45, 7) is 1.08. The van der Waals surface area contributed by atoms with E-state index in [0.29, 0.717) is 24.2 Å². The molecular weight excluding hydrogens is 364 g/mol. The molecule has 0 atom stereocenters. The molecule has 2 aromatic carbocycles. The van der Waals surface area contributed by atoms with Crippen molar-refractivity contribution in [1.29, 1.82) is 0 Å². The molecule has 4 rings (SSSR count). The zero-order chi connectivity index (χ0) is 20.4. The molecule has 0 aliphatic carbocycles. The number of carbonyl (C=O) groups is 2. The summed E-state index contributed by atoms with van der Waals surface area (Å²) in [7, 11) is 3.72. The Kier molecular flexibility index (Phi) is 4.99. The molecule has 0 N–H and O–H groups in total. The lowest BCUT2D eigenvalue weighted by Gasteiger charge is -2.22. The van der Waals surface area contributed by atoms with Crippen molar-refractivity contribution in [1.82, 2.24) is 14.7 Å². The van der Waals surface area contributed by atoms with Gasteiger partial charge in [0.1, 0.15) is 0 Å². The molecule has 0 bridgehead atoms. The molecule has 0 spiro atoms. The molecule has 1 aliphatic rings. The third-order valence-corrected chi connectivity index (χ3v) is 4.91. The van der Waals surface area contributed by atoms with E-state index in [4.69, 9.17) is 0 Å². The Morgan fingerprint density at radius 2 is 1.69 bits per heavy atom. The molecule has 0 fully saturated rings. The summed E-state index contributed by atoms with van der Waals surface area (Å²) in [6.07, 6.45) is 4.98. The number of amides is 1. The topological polar surface area (TPSA) is 58.4 Å². The molecule has 146 valence electrons. The van der Waals surface area contributed by atoms with Crippen LogP contribution in [0.1, 0.15) is 32.0 Å². The summed E-state index contributed by atoms with van der Waals surface area (Å²) in [4.78, 5) is 29.1. The minimum atomic E-state index is -0.102. The minimum absolute atomic E-state index is 0.0956. The monoisotopic (exact) mass is 386 g/mol. The van der Waals surface area contributed by atoms with Crippen LogP contribution in [-0.4, -0.2) is 40.5 Å². The van der Waals surface area contributed by atoms with Gasteiger partial charge >= 0.3 is 0 Å². The SMILES string of the molecule is CN(C)C=CC(=O)c1ccc(C(=O)N2Cc3ccnn3Cc3ccccc32)cc1. The number of nitrogens with zero attached hydrogens (tertiary/aromatic N) is 4. The van der Waals surface area contributed by atoms with E-state index in [1.165, 1.54) is 6.08 Å². The molecule has 0 saturated heterocycles. The predicted molar refractivity (Wildman–Crippen MR) is 112 cm³/mol. The highest BCUT2D eigenvalue weighted by Gasteiger charge is 2.25. The number of hydrogen-bond acceptors (Lipinski definition) is 4. The maximum atomic E-state index is 13.3. The summed E-state index contributed by atoms with van der Waals surface area (Å²) in [5.41, 5.74) is 4.01. The summed E-state index contributed by atoms with van der Waals surface area (Å²) in [5.74, 6) is -0.198. The van der Waals surface area contributed by atoms with Crippen molar-refractivity contribution in [3.05, 3.63) is 95.5 Å². The number of anilines is 1. The standard InChI is InChI=1S/C23H22N4O2/c1-25(2)14-12-22(28)17-7-9-18(10-8-17)23(29)26-16-20-11-13-24-27(20)15-19-5-3-4-6-21(19)26/h3-14H,15-16H2,1-2H3. The number of carbonyl (C=O) groups excluding carboxylic acids is 2. The van der Waals surface area contributed by atoms with Crippen LogP contribution in [0.5, 0.6) is 0 Å². The second-order valence-corrected chi connectivity index (χ2v) is 7.22. The van der Waals surface area contributed by atoms with Crippen molar-refractivity contribution in [2.24, 2.45) is 0 Å². The van der Waals surface area contributed by atoms with E-state index in [-0.39, 0.29) is 11.7 Å². The van der Waals surface area contributed by atoms with Gasteiger partial charge in [-0.1, -0.05) is 30.3 Å². The Balaban J connectivity index is 1.63. The normalized spacial score (nSPS) is 13.0. The van der Waals surface area contributed by atoms with Gasteiger partial charge in [0, 0.05) is 49.4 Å². The number of ketones is 1. The number of hydrogen-bond donors (Lipinski definition) is 0. The Morgan fingerprint density at radius 1 is 0.966 bits per heavy atom. The second kappa shape index (κ2) is 7.75. The van der Waals surface area contributed by atoms with Gasteiger partial charge in [0.15, 0.2) is 5.78 Å². The first-order valence-electron chi connectivity index (χ1n) is 9.42. The first-order chi connectivity index (χ1) is 14.0. The summed E-state index contributed by atoms with van der Waals surface area (Å²) in [6, 6.07) is 16.6. The molecule has 6 nitrogen and oxygen atoms in total. The van der Waals surface area contributed by atoms with Crippen molar-refractivity contribution >= 4 is 17.4 Å². The fraction of sp³-hybridized carbons (Fsp3) is 0.174. The van der Waals surface area contributed by atoms with E-state index in [0.717, 1.165) is 16.9 Å². The van der Waals surface area contributed by atoms with Gasteiger partial charge in [-0.25, -0.2) is 0 Å². The van der Waals surface area contributed by atoms with Gasteiger partial charge in [-0.2, -0.15) is 5.10 Å². The average Bonchev–Trinajstić information content (AvgIpc) is 3.10. The van der Waals surface area contributed by atoms with E-state index >= 15 is 0 Å². The predicted octanol–water partition coefficient (Wildman–Crippen LogP) is 3.35. The van der Waals surface area contributed by atoms with Crippen LogP contribution < -0.4 is 4.90 Å². The number of fused-ring (bicyclic) bond motifs is 2. The lowest BCUT2D eigenvalue weighted by atomic mass is 10.1. The van der Waals surface area contributed by atoms with E-state index in [1.54, 1.807) is 46.5 Å². The van der Waals surface area contributed by atoms with E-state index < -0.39 is 0 Å². The second-order valence-electron chi connectivity index (χ2n) is 7.22. The zero-order valence-electron chi connectivity index (χ0n) is 16.4. The van der Waals surface area contributed by atoms with Crippen LogP contribution in [0.3, 0.4) is 0 Å². The third kappa shape index (κ3) is 3.82. The highest BCUT2D eigenvalue weighted by Crippen LogP contribution is 2.28. The van der Waals surface area contributed by atoms with Crippen LogP contribution in [0, 0.1) is 0 Å². The average molecular weight is 386 g/mol. The molecule has 6 heteroatoms. The Bertz CT molecular complexity index is 1080. The maximum Gasteiger partial charge on any atom is 0.258 e. The molecule has 3 aromatic rings. The van der Waals surface area contributed by atoms with Crippen LogP contribution in [0.4, 0.5) is 5.69 Å². The Labute approximate surface area is 169 Å². The molecule has 29 heavy (non-hydrogen) atoms. The highest BCUT2D eigenvalue weighted by molar-refractivity contribution is 6.08. The van der Waals surface area contributed by atoms with Gasteiger partial charge in [0.2, 0.25) is 0 Å². The van der Waals surface area contributed by atoms with E-state index in [1.807, 2.05) is 49.1 Å². The van der Waals surface area contributed by atoms with Gasteiger partial charge in [0.25, 0.3) is 5.91 Å². The fourth-order valence-electron chi connectivity index (χ4n) is 3.38. The molecule has 1 amide bonds. The molecule has 1 aromatic heterocycles. The quantitative estimate of drug-likeness (QED) is 0.510. The molecule has 2 heterocycles. The maximum absolute atomic E-state index is 13.3. The lowest BCUT2D eigenvalue weighted by molar-refractivity contribution is 0.0982. The van der Waals surface area contributed by atoms with Crippen molar-refractivity contribution in [3.63, 3.8) is 0 Å². The van der Waals surface area contributed by atoms with Crippen molar-refractivity contribution in [2.75, 3.05) is 19.0 Å². The van der Waals surface area contributed by atoms with Crippen molar-refractivity contribution in [3.8, 4) is 0 Å². The first-order valence-corrected chi connectivity index (χ1v) is 9.42. The van der Waals surface area contributed by atoms with Gasteiger partial charge in [-0.15, -0.1) is 0 Å². The van der Waals surface area contributed by atoms with Crippen molar-refractivity contribution in [2.45, 2.75) is 13.1 Å². The van der Waals surface area contributed by atoms with Gasteiger partial charge in [-0.05, 0) is 29.8 Å². The number of rotatable bonds is 4. The zero-order valence-corrected chi connectivity index (χ0v) is 16.4. The van der Waals surface area contributed by atoms with Crippen LogP contribution in [0.2, 0.25) is 0 Å². The Hall–Kier alpha value is -3.67. The molecule has 0 saturated carbocycles. The first kappa shape index (κ1) is 18.7. The minimum Gasteiger partial charge on any atom is -0.383 e. The van der Waals surface area contributed by atoms with Crippen molar-refractivity contribution < 1.29 is 9.59 Å². The fourth-order valence-corrected chi connectivity index (χ4v) is 3.38. The van der Waals surface area contributed by atoms with Gasteiger partial charge in [-0.3, -0.25) is 14.3 Å². The lowest BCUT2D eigenvalue weighted by Crippen LogP contribution is -2.30. The largest absolute Gasteiger partial charge is 0.383 e. The number of benzene rings is 2.